The number of rotatable bonds is 4. The van der Waals surface area contributed by atoms with Crippen LogP contribution in [0, 0.1) is 11.6 Å². The Labute approximate surface area is 227 Å². The molecule has 10 heteroatoms. The maximum Gasteiger partial charge on any atom is 0.412 e. The number of fused-ring (bicyclic) bond motifs is 3. The Bertz CT molecular complexity index is 1550. The van der Waals surface area contributed by atoms with Crippen molar-refractivity contribution < 1.29 is 32.5 Å². The van der Waals surface area contributed by atoms with Gasteiger partial charge in [-0.05, 0) is 30.3 Å². The second-order valence-electron chi connectivity index (χ2n) is 9.92. The van der Waals surface area contributed by atoms with Crippen LogP contribution in [0.4, 0.5) is 25.0 Å². The van der Waals surface area contributed by atoms with Crippen LogP contribution in [0.2, 0.25) is 5.02 Å². The van der Waals surface area contributed by atoms with E-state index in [2.05, 4.69) is 5.32 Å². The van der Waals surface area contributed by atoms with Crippen LogP contribution in [0.5, 0.6) is 0 Å². The van der Waals surface area contributed by atoms with Gasteiger partial charge < -0.3 is 9.64 Å². The Kier molecular flexibility index (Phi) is 6.18. The third-order valence-corrected chi connectivity index (χ3v) is 7.79. The Hall–Kier alpha value is -4.11. The van der Waals surface area contributed by atoms with Crippen LogP contribution in [0.1, 0.15) is 40.2 Å². The van der Waals surface area contributed by atoms with E-state index >= 15 is 0 Å². The Morgan fingerprint density at radius 1 is 1.05 bits per heavy atom. The van der Waals surface area contributed by atoms with Crippen molar-refractivity contribution in [1.82, 2.24) is 4.90 Å². The lowest BCUT2D eigenvalue weighted by Crippen LogP contribution is -2.50. The lowest BCUT2D eigenvalue weighted by molar-refractivity contribution is -0.417. The number of nitrogens with zero attached hydrogens (tertiary/aromatic N) is 2. The first kappa shape index (κ1) is 25.2. The van der Waals surface area contributed by atoms with Gasteiger partial charge in [0.1, 0.15) is 23.2 Å². The molecule has 198 valence electrons. The summed E-state index contributed by atoms with van der Waals surface area (Å²) < 4.78 is 34.8. The molecule has 3 aromatic carbocycles. The first-order valence-corrected chi connectivity index (χ1v) is 12.9. The van der Waals surface area contributed by atoms with Gasteiger partial charge in [-0.25, -0.2) is 13.6 Å². The lowest BCUT2D eigenvalue weighted by atomic mass is 9.82. The fourth-order valence-electron chi connectivity index (χ4n) is 5.68. The second kappa shape index (κ2) is 9.57. The SMILES string of the molecule is O=C1Nc2ccccc2C2(CCN(C(=O)C3C=[N+](CC(=O)c4cc(F)cc(F)c4)c4cc(Cl)ccc43)CC2)O1. The highest BCUT2D eigenvalue weighted by Crippen LogP contribution is 2.44. The molecule has 1 unspecified atom stereocenters. The molecular formula is C29H23ClF2N3O4+. The number of hydrogen-bond donors (Lipinski definition) is 1. The average Bonchev–Trinajstić information content (AvgIpc) is 3.25. The Morgan fingerprint density at radius 3 is 2.51 bits per heavy atom. The summed E-state index contributed by atoms with van der Waals surface area (Å²) in [5.41, 5.74) is 1.96. The number of carbonyl (C=O) groups is 3. The van der Waals surface area contributed by atoms with Crippen molar-refractivity contribution in [2.75, 3.05) is 25.0 Å². The van der Waals surface area contributed by atoms with Crippen molar-refractivity contribution in [3.8, 4) is 0 Å². The topological polar surface area (TPSA) is 78.7 Å². The van der Waals surface area contributed by atoms with E-state index in [-0.39, 0.29) is 18.0 Å². The third-order valence-electron chi connectivity index (χ3n) is 7.56. The molecule has 7 nitrogen and oxygen atoms in total. The van der Waals surface area contributed by atoms with Crippen molar-refractivity contribution in [3.05, 3.63) is 94.0 Å². The van der Waals surface area contributed by atoms with Crippen molar-refractivity contribution in [1.29, 1.82) is 0 Å². The lowest BCUT2D eigenvalue weighted by Gasteiger charge is -2.44. The maximum atomic E-state index is 13.8. The van der Waals surface area contributed by atoms with Crippen molar-refractivity contribution in [2.45, 2.75) is 24.4 Å². The predicted octanol–water partition coefficient (Wildman–Crippen LogP) is 5.39. The summed E-state index contributed by atoms with van der Waals surface area (Å²) in [5, 5.41) is 3.16. The molecule has 1 fully saturated rings. The summed E-state index contributed by atoms with van der Waals surface area (Å²) in [6.07, 6.45) is 2.02. The molecule has 2 amide bonds. The van der Waals surface area contributed by atoms with Gasteiger partial charge in [-0.15, -0.1) is 0 Å². The maximum absolute atomic E-state index is 13.8. The normalized spacial score (nSPS) is 19.1. The molecule has 0 bridgehead atoms. The van der Waals surface area contributed by atoms with E-state index in [0.29, 0.717) is 54.0 Å². The molecule has 39 heavy (non-hydrogen) atoms. The van der Waals surface area contributed by atoms with Gasteiger partial charge in [0, 0.05) is 59.8 Å². The minimum atomic E-state index is -0.842. The molecule has 3 aliphatic rings. The number of nitrogens with one attached hydrogen (secondary N) is 1. The molecule has 0 aliphatic carbocycles. The van der Waals surface area contributed by atoms with Gasteiger partial charge in [0.2, 0.25) is 23.9 Å². The van der Waals surface area contributed by atoms with Crippen molar-refractivity contribution >= 4 is 47.0 Å². The number of carbonyl (C=O) groups excluding carboxylic acids is 3. The fourth-order valence-corrected chi connectivity index (χ4v) is 5.84. The zero-order valence-electron chi connectivity index (χ0n) is 20.6. The number of likely N-dealkylation sites (tertiary alicyclic amines) is 1. The standard InChI is InChI=1S/C29H22ClF2N3O4/c30-18-5-6-21-22(15-35(25(21)13-18)16-26(36)17-11-19(31)14-20(32)12-17)27(37)34-9-7-29(8-10-34)23-3-1-2-4-24(23)33-28(38)39-29/h1-6,11-15,22H,7-10,16H2/p+1. The summed E-state index contributed by atoms with van der Waals surface area (Å²) in [6.45, 7) is 0.521. The molecular weight excluding hydrogens is 528 g/mol. The Morgan fingerprint density at radius 2 is 1.77 bits per heavy atom. The molecule has 1 N–H and O–H groups in total. The molecule has 3 aromatic rings. The number of benzene rings is 3. The predicted molar refractivity (Wildman–Crippen MR) is 140 cm³/mol. The van der Waals surface area contributed by atoms with Gasteiger partial charge in [0.25, 0.3) is 0 Å². The van der Waals surface area contributed by atoms with Gasteiger partial charge >= 0.3 is 6.09 Å². The highest BCUT2D eigenvalue weighted by molar-refractivity contribution is 6.30. The number of ether oxygens (including phenoxy) is 1. The fraction of sp³-hybridized carbons (Fsp3) is 0.241. The zero-order chi connectivity index (χ0) is 27.3. The summed E-state index contributed by atoms with van der Waals surface area (Å²) in [4.78, 5) is 40.6. The summed E-state index contributed by atoms with van der Waals surface area (Å²) >= 11 is 6.23. The second-order valence-corrected chi connectivity index (χ2v) is 10.4. The number of anilines is 1. The quantitative estimate of drug-likeness (QED) is 0.349. The van der Waals surface area contributed by atoms with E-state index in [0.717, 1.165) is 17.7 Å². The average molecular weight is 551 g/mol. The molecule has 6 rings (SSSR count). The number of piperidine rings is 1. The van der Waals surface area contributed by atoms with E-state index in [9.17, 15) is 23.2 Å². The summed E-state index contributed by atoms with van der Waals surface area (Å²) in [6, 6.07) is 15.3. The van der Waals surface area contributed by atoms with Crippen LogP contribution in [-0.4, -0.2) is 53.1 Å². The highest BCUT2D eigenvalue weighted by Gasteiger charge is 2.47. The van der Waals surface area contributed by atoms with Crippen LogP contribution in [0.25, 0.3) is 0 Å². The number of halogens is 3. The van der Waals surface area contributed by atoms with E-state index in [1.807, 2.05) is 24.3 Å². The molecule has 3 aliphatic heterocycles. The van der Waals surface area contributed by atoms with Gasteiger partial charge in [-0.1, -0.05) is 29.8 Å². The minimum Gasteiger partial charge on any atom is -0.438 e. The zero-order valence-corrected chi connectivity index (χ0v) is 21.4. The number of amides is 2. The summed E-state index contributed by atoms with van der Waals surface area (Å²) in [5.74, 6) is -3.02. The molecule has 0 radical (unpaired) electrons. The van der Waals surface area contributed by atoms with Gasteiger partial charge in [0.15, 0.2) is 6.21 Å². The number of para-hydroxylation sites is 1. The largest absolute Gasteiger partial charge is 0.438 e. The number of Topliss-reactive ketones (excluding diaryl/α,β-unsaturated/α-hetero) is 1. The van der Waals surface area contributed by atoms with Gasteiger partial charge in [0.05, 0.1) is 5.69 Å². The molecule has 1 saturated heterocycles. The van der Waals surface area contributed by atoms with Crippen molar-refractivity contribution in [3.63, 3.8) is 0 Å². The van der Waals surface area contributed by atoms with Crippen LogP contribution in [-0.2, 0) is 15.1 Å². The van der Waals surface area contributed by atoms with E-state index in [1.165, 1.54) is 0 Å². The highest BCUT2D eigenvalue weighted by atomic mass is 35.5. The van der Waals surface area contributed by atoms with Crippen molar-refractivity contribution in [2.24, 2.45) is 0 Å². The van der Waals surface area contributed by atoms with Crippen LogP contribution < -0.4 is 5.32 Å². The molecule has 0 aromatic heterocycles. The number of ketones is 1. The third kappa shape index (κ3) is 4.57. The Balaban J connectivity index is 1.24. The van der Waals surface area contributed by atoms with E-state index in [1.54, 1.807) is 33.9 Å². The van der Waals surface area contributed by atoms with Crippen LogP contribution in [0.15, 0.2) is 60.7 Å². The molecule has 3 heterocycles. The number of hydrogen-bond acceptors (Lipinski definition) is 4. The summed E-state index contributed by atoms with van der Waals surface area (Å²) in [7, 11) is 0. The van der Waals surface area contributed by atoms with Gasteiger partial charge in [-0.3, -0.25) is 14.9 Å². The molecule has 0 saturated carbocycles. The van der Waals surface area contributed by atoms with Gasteiger partial charge in [-0.2, -0.15) is 4.58 Å². The monoisotopic (exact) mass is 550 g/mol. The van der Waals surface area contributed by atoms with Crippen LogP contribution in [0.3, 0.4) is 0 Å². The first-order chi connectivity index (χ1) is 18.7. The first-order valence-electron chi connectivity index (χ1n) is 12.5. The van der Waals surface area contributed by atoms with E-state index < -0.39 is 35.0 Å². The molecule has 1 atom stereocenters. The smallest absolute Gasteiger partial charge is 0.412 e. The minimum absolute atomic E-state index is 0.0996. The van der Waals surface area contributed by atoms with E-state index in [4.69, 9.17) is 16.3 Å². The molecule has 1 spiro atoms. The van der Waals surface area contributed by atoms with Crippen LogP contribution >= 0.6 is 11.6 Å².